The molecule has 0 amide bonds. The van der Waals surface area contributed by atoms with Crippen LogP contribution >= 0.6 is 0 Å². The molecule has 1 aliphatic heterocycles. The highest BCUT2D eigenvalue weighted by molar-refractivity contribution is 5.29. The predicted octanol–water partition coefficient (Wildman–Crippen LogP) is 2.21. The summed E-state index contributed by atoms with van der Waals surface area (Å²) in [4.78, 5) is 2.09. The minimum atomic E-state index is 0.157. The first-order valence-corrected chi connectivity index (χ1v) is 5.06. The topological polar surface area (TPSA) is 15.3 Å². The first-order chi connectivity index (χ1) is 6.16. The second-order valence-electron chi connectivity index (χ2n) is 4.22. The van der Waals surface area contributed by atoms with Crippen LogP contribution in [0.2, 0.25) is 0 Å². The third-order valence-corrected chi connectivity index (χ3v) is 3.45. The lowest BCUT2D eigenvalue weighted by molar-refractivity contribution is 0.309. The van der Waals surface area contributed by atoms with Crippen molar-refractivity contribution >= 4 is 0 Å². The molecule has 1 spiro atoms. The van der Waals surface area contributed by atoms with E-state index in [1.807, 2.05) is 7.05 Å². The smallest absolute Gasteiger partial charge is 0.0986 e. The molecule has 1 N–H and O–H groups in total. The monoisotopic (exact) mass is 178 g/mol. The van der Waals surface area contributed by atoms with Gasteiger partial charge >= 0.3 is 0 Å². The van der Waals surface area contributed by atoms with Crippen LogP contribution in [0.25, 0.3) is 0 Å². The fourth-order valence-corrected chi connectivity index (χ4v) is 2.49. The number of hydrogen-bond acceptors (Lipinski definition) is 2. The molecule has 0 aromatic rings. The molecule has 1 saturated heterocycles. The van der Waals surface area contributed by atoms with Gasteiger partial charge in [0.2, 0.25) is 0 Å². The fourth-order valence-electron chi connectivity index (χ4n) is 2.49. The molecule has 0 aromatic carbocycles. The average Bonchev–Trinajstić information content (AvgIpc) is 2.33. The Kier molecular flexibility index (Phi) is 1.86. The molecule has 2 rings (SSSR count). The standard InChI is InChI=1S/C11H18N2/c1-9-11(7-5-4-6-8-11)12-10(2)13(9)3/h12H,1-2,4-8H2,3H3. The van der Waals surface area contributed by atoms with Crippen LogP contribution in [0.1, 0.15) is 32.1 Å². The Morgan fingerprint density at radius 2 is 1.85 bits per heavy atom. The number of nitrogens with zero attached hydrogens (tertiary/aromatic N) is 1. The van der Waals surface area contributed by atoms with E-state index in [-0.39, 0.29) is 5.54 Å². The van der Waals surface area contributed by atoms with Crippen molar-refractivity contribution in [1.82, 2.24) is 10.2 Å². The molecule has 1 saturated carbocycles. The molecule has 2 aliphatic rings. The van der Waals surface area contributed by atoms with Gasteiger partial charge in [0.15, 0.2) is 0 Å². The summed E-state index contributed by atoms with van der Waals surface area (Å²) in [5.74, 6) is 1.01. The van der Waals surface area contributed by atoms with Crippen molar-refractivity contribution in [1.29, 1.82) is 0 Å². The van der Waals surface area contributed by atoms with Gasteiger partial charge in [-0.15, -0.1) is 0 Å². The molecule has 2 fully saturated rings. The number of likely N-dealkylation sites (N-methyl/N-ethyl adjacent to an activating group) is 1. The first-order valence-electron chi connectivity index (χ1n) is 5.06. The molecule has 13 heavy (non-hydrogen) atoms. The second kappa shape index (κ2) is 2.79. The van der Waals surface area contributed by atoms with Crippen LogP contribution in [0.3, 0.4) is 0 Å². The van der Waals surface area contributed by atoms with Gasteiger partial charge in [-0.2, -0.15) is 0 Å². The summed E-state index contributed by atoms with van der Waals surface area (Å²) in [7, 11) is 2.04. The summed E-state index contributed by atoms with van der Waals surface area (Å²) < 4.78 is 0. The predicted molar refractivity (Wildman–Crippen MR) is 55.0 cm³/mol. The third-order valence-electron chi connectivity index (χ3n) is 3.45. The zero-order valence-electron chi connectivity index (χ0n) is 8.40. The zero-order chi connectivity index (χ0) is 9.47. The zero-order valence-corrected chi connectivity index (χ0v) is 8.40. The van der Waals surface area contributed by atoms with E-state index in [2.05, 4.69) is 23.4 Å². The SMILES string of the molecule is C=C1NC2(CCCCC2)C(=C)N1C. The van der Waals surface area contributed by atoms with E-state index < -0.39 is 0 Å². The molecule has 1 aliphatic carbocycles. The Balaban J connectivity index is 2.23. The molecule has 0 bridgehead atoms. The molecular weight excluding hydrogens is 160 g/mol. The molecule has 1 heterocycles. The number of hydrogen-bond donors (Lipinski definition) is 1. The first kappa shape index (κ1) is 8.67. The largest absolute Gasteiger partial charge is 0.361 e. The van der Waals surface area contributed by atoms with Crippen LogP contribution in [0.15, 0.2) is 24.7 Å². The van der Waals surface area contributed by atoms with Gasteiger partial charge in [-0.3, -0.25) is 0 Å². The molecule has 2 nitrogen and oxygen atoms in total. The molecule has 72 valence electrons. The summed E-state index contributed by atoms with van der Waals surface area (Å²) >= 11 is 0. The Hall–Kier alpha value is -0.920. The van der Waals surface area contributed by atoms with Crippen molar-refractivity contribution in [3.8, 4) is 0 Å². The molecule has 0 aromatic heterocycles. The molecule has 0 atom stereocenters. The van der Waals surface area contributed by atoms with E-state index in [4.69, 9.17) is 0 Å². The maximum absolute atomic E-state index is 4.17. The Labute approximate surface area is 80.3 Å². The highest BCUT2D eigenvalue weighted by Gasteiger charge is 2.42. The van der Waals surface area contributed by atoms with E-state index in [0.717, 1.165) is 5.82 Å². The van der Waals surface area contributed by atoms with E-state index in [1.165, 1.54) is 37.8 Å². The van der Waals surface area contributed by atoms with Crippen LogP contribution in [0.4, 0.5) is 0 Å². The van der Waals surface area contributed by atoms with Crippen molar-refractivity contribution in [3.63, 3.8) is 0 Å². The lowest BCUT2D eigenvalue weighted by Crippen LogP contribution is -2.42. The van der Waals surface area contributed by atoms with Crippen molar-refractivity contribution in [2.45, 2.75) is 37.6 Å². The van der Waals surface area contributed by atoms with Crippen LogP contribution in [-0.2, 0) is 0 Å². The van der Waals surface area contributed by atoms with Gasteiger partial charge in [-0.05, 0) is 12.8 Å². The minimum Gasteiger partial charge on any atom is -0.361 e. The molecule has 0 radical (unpaired) electrons. The van der Waals surface area contributed by atoms with Crippen molar-refractivity contribution in [2.24, 2.45) is 0 Å². The molecular formula is C11H18N2. The normalized spacial score (nSPS) is 26.7. The van der Waals surface area contributed by atoms with Gasteiger partial charge in [0.05, 0.1) is 11.4 Å². The lowest BCUT2D eigenvalue weighted by Gasteiger charge is -2.34. The van der Waals surface area contributed by atoms with Crippen LogP contribution in [-0.4, -0.2) is 17.5 Å². The number of rotatable bonds is 0. The summed E-state index contributed by atoms with van der Waals surface area (Å²) in [6.07, 6.45) is 6.43. The van der Waals surface area contributed by atoms with Crippen molar-refractivity contribution in [2.75, 3.05) is 7.05 Å². The van der Waals surface area contributed by atoms with Crippen LogP contribution in [0.5, 0.6) is 0 Å². The fraction of sp³-hybridized carbons (Fsp3) is 0.636. The van der Waals surface area contributed by atoms with Crippen LogP contribution < -0.4 is 5.32 Å². The molecule has 0 unspecified atom stereocenters. The quantitative estimate of drug-likeness (QED) is 0.612. The summed E-state index contributed by atoms with van der Waals surface area (Å²) in [5, 5.41) is 3.50. The molecule has 2 heteroatoms. The minimum absolute atomic E-state index is 0.157. The van der Waals surface area contributed by atoms with Gasteiger partial charge in [-0.25, -0.2) is 0 Å². The maximum Gasteiger partial charge on any atom is 0.0986 e. The van der Waals surface area contributed by atoms with E-state index >= 15 is 0 Å². The highest BCUT2D eigenvalue weighted by atomic mass is 15.3. The van der Waals surface area contributed by atoms with Gasteiger partial charge in [-0.1, -0.05) is 32.4 Å². The van der Waals surface area contributed by atoms with E-state index in [1.54, 1.807) is 0 Å². The van der Waals surface area contributed by atoms with Crippen molar-refractivity contribution in [3.05, 3.63) is 24.7 Å². The van der Waals surface area contributed by atoms with E-state index in [0.29, 0.717) is 0 Å². The van der Waals surface area contributed by atoms with Crippen LogP contribution in [0, 0.1) is 0 Å². The third kappa shape index (κ3) is 1.16. The highest BCUT2D eigenvalue weighted by Crippen LogP contribution is 2.40. The number of nitrogens with one attached hydrogen (secondary N) is 1. The maximum atomic E-state index is 4.17. The Morgan fingerprint density at radius 3 is 2.31 bits per heavy atom. The van der Waals surface area contributed by atoms with Gasteiger partial charge in [0.25, 0.3) is 0 Å². The average molecular weight is 178 g/mol. The summed E-state index contributed by atoms with van der Waals surface area (Å²) in [6, 6.07) is 0. The van der Waals surface area contributed by atoms with Crippen molar-refractivity contribution < 1.29 is 0 Å². The Bertz CT molecular complexity index is 249. The Morgan fingerprint density at radius 1 is 1.23 bits per heavy atom. The summed E-state index contributed by atoms with van der Waals surface area (Å²) in [6.45, 7) is 8.15. The van der Waals surface area contributed by atoms with Gasteiger partial charge < -0.3 is 10.2 Å². The lowest BCUT2D eigenvalue weighted by atomic mass is 9.80. The van der Waals surface area contributed by atoms with Gasteiger partial charge in [0.1, 0.15) is 0 Å². The van der Waals surface area contributed by atoms with Gasteiger partial charge in [0, 0.05) is 12.7 Å². The second-order valence-corrected chi connectivity index (χ2v) is 4.22. The summed E-state index contributed by atoms with van der Waals surface area (Å²) in [5.41, 5.74) is 1.36. The van der Waals surface area contributed by atoms with E-state index in [9.17, 15) is 0 Å².